The van der Waals surface area contributed by atoms with E-state index in [2.05, 4.69) is 18.3 Å². The molecule has 0 aliphatic heterocycles. The zero-order chi connectivity index (χ0) is 16.9. The van der Waals surface area contributed by atoms with Crippen molar-refractivity contribution in [3.8, 4) is 6.07 Å². The molecular weight excluding hydrogens is 298 g/mol. The molecule has 1 N–H and O–H groups in total. The number of carbonyl (C=O) groups excluding carboxylic acids is 1. The normalized spacial score (nSPS) is 10.5. The summed E-state index contributed by atoms with van der Waals surface area (Å²) < 4.78 is 1.88. The molecule has 0 aliphatic carbocycles. The Bertz CT molecular complexity index is 904. The van der Waals surface area contributed by atoms with Crippen LogP contribution in [0.2, 0.25) is 0 Å². The Kier molecular flexibility index (Phi) is 4.62. The molecule has 24 heavy (non-hydrogen) atoms. The van der Waals surface area contributed by atoms with E-state index >= 15 is 0 Å². The molecule has 4 heteroatoms. The predicted molar refractivity (Wildman–Crippen MR) is 94.3 cm³/mol. The Morgan fingerprint density at radius 2 is 1.96 bits per heavy atom. The van der Waals surface area contributed by atoms with Gasteiger partial charge in [-0.25, -0.2) is 0 Å². The number of hydrogen-bond donors (Lipinski definition) is 1. The van der Waals surface area contributed by atoms with Gasteiger partial charge in [0.1, 0.15) is 12.6 Å². The van der Waals surface area contributed by atoms with E-state index in [1.807, 2.05) is 53.1 Å². The van der Waals surface area contributed by atoms with Crippen LogP contribution < -0.4 is 5.32 Å². The molecule has 0 aliphatic rings. The standard InChI is InChI=1S/C20H19N3O/c1-2-16-9-6-10-18-17(11-21)13-23(20(16)18)14-19(24)22-12-15-7-4-3-5-8-15/h3-10,13H,2,12,14H2,1H3,(H,22,24). The molecular formula is C20H19N3O. The van der Waals surface area contributed by atoms with Gasteiger partial charge in [0.25, 0.3) is 0 Å². The number of amides is 1. The van der Waals surface area contributed by atoms with E-state index in [0.29, 0.717) is 12.1 Å². The largest absolute Gasteiger partial charge is 0.350 e. The van der Waals surface area contributed by atoms with Crippen LogP contribution in [-0.4, -0.2) is 10.5 Å². The maximum atomic E-state index is 12.3. The minimum Gasteiger partial charge on any atom is -0.350 e. The van der Waals surface area contributed by atoms with Gasteiger partial charge in [0.2, 0.25) is 5.91 Å². The molecule has 0 saturated heterocycles. The number of nitriles is 1. The van der Waals surface area contributed by atoms with Crippen LogP contribution >= 0.6 is 0 Å². The van der Waals surface area contributed by atoms with Crippen molar-refractivity contribution in [3.63, 3.8) is 0 Å². The monoisotopic (exact) mass is 317 g/mol. The quantitative estimate of drug-likeness (QED) is 0.784. The van der Waals surface area contributed by atoms with Crippen molar-refractivity contribution >= 4 is 16.8 Å². The lowest BCUT2D eigenvalue weighted by atomic mass is 10.1. The lowest BCUT2D eigenvalue weighted by Gasteiger charge is -2.09. The lowest BCUT2D eigenvalue weighted by Crippen LogP contribution is -2.26. The van der Waals surface area contributed by atoms with E-state index in [0.717, 1.165) is 28.5 Å². The van der Waals surface area contributed by atoms with Gasteiger partial charge in [-0.2, -0.15) is 5.26 Å². The summed E-state index contributed by atoms with van der Waals surface area (Å²) in [5.74, 6) is -0.0638. The smallest absolute Gasteiger partial charge is 0.240 e. The van der Waals surface area contributed by atoms with E-state index in [1.54, 1.807) is 6.20 Å². The summed E-state index contributed by atoms with van der Waals surface area (Å²) in [6.07, 6.45) is 2.63. The number of nitrogens with zero attached hydrogens (tertiary/aromatic N) is 2. The molecule has 1 heterocycles. The minimum absolute atomic E-state index is 0.0638. The highest BCUT2D eigenvalue weighted by Crippen LogP contribution is 2.24. The summed E-state index contributed by atoms with van der Waals surface area (Å²) in [6, 6.07) is 18.0. The molecule has 0 unspecified atom stereocenters. The number of aromatic nitrogens is 1. The highest BCUT2D eigenvalue weighted by atomic mass is 16.1. The highest BCUT2D eigenvalue weighted by Gasteiger charge is 2.13. The summed E-state index contributed by atoms with van der Waals surface area (Å²) in [5.41, 5.74) is 3.79. The Balaban J connectivity index is 1.82. The van der Waals surface area contributed by atoms with Crippen LogP contribution in [0.15, 0.2) is 54.7 Å². The van der Waals surface area contributed by atoms with Gasteiger partial charge in [0, 0.05) is 18.1 Å². The number of carbonyl (C=O) groups is 1. The van der Waals surface area contributed by atoms with Gasteiger partial charge in [0.05, 0.1) is 11.1 Å². The van der Waals surface area contributed by atoms with Gasteiger partial charge >= 0.3 is 0 Å². The summed E-state index contributed by atoms with van der Waals surface area (Å²) >= 11 is 0. The molecule has 0 radical (unpaired) electrons. The number of rotatable bonds is 5. The number of benzene rings is 2. The number of nitrogens with one attached hydrogen (secondary N) is 1. The second-order valence-electron chi connectivity index (χ2n) is 5.71. The lowest BCUT2D eigenvalue weighted by molar-refractivity contribution is -0.121. The summed E-state index contributed by atoms with van der Waals surface area (Å²) in [4.78, 5) is 12.3. The van der Waals surface area contributed by atoms with Crippen LogP contribution in [0.4, 0.5) is 0 Å². The number of hydrogen-bond acceptors (Lipinski definition) is 2. The highest BCUT2D eigenvalue weighted by molar-refractivity contribution is 5.90. The number of para-hydroxylation sites is 1. The molecule has 2 aromatic carbocycles. The third-order valence-electron chi connectivity index (χ3n) is 4.13. The maximum Gasteiger partial charge on any atom is 0.240 e. The molecule has 0 bridgehead atoms. The van der Waals surface area contributed by atoms with Gasteiger partial charge in [0.15, 0.2) is 0 Å². The van der Waals surface area contributed by atoms with Crippen LogP contribution in [-0.2, 0) is 24.3 Å². The van der Waals surface area contributed by atoms with Crippen molar-refractivity contribution in [2.75, 3.05) is 0 Å². The van der Waals surface area contributed by atoms with E-state index in [-0.39, 0.29) is 12.5 Å². The van der Waals surface area contributed by atoms with Crippen molar-refractivity contribution in [1.82, 2.24) is 9.88 Å². The molecule has 0 atom stereocenters. The first-order valence-corrected chi connectivity index (χ1v) is 8.04. The van der Waals surface area contributed by atoms with Gasteiger partial charge < -0.3 is 9.88 Å². The van der Waals surface area contributed by atoms with E-state index in [9.17, 15) is 10.1 Å². The van der Waals surface area contributed by atoms with Crippen LogP contribution in [0, 0.1) is 11.3 Å². The SMILES string of the molecule is CCc1cccc2c(C#N)cn(CC(=O)NCc3ccccc3)c12. The Hall–Kier alpha value is -3.06. The molecule has 0 fully saturated rings. The summed E-state index contributed by atoms with van der Waals surface area (Å²) in [6.45, 7) is 2.79. The van der Waals surface area contributed by atoms with Crippen molar-refractivity contribution < 1.29 is 4.79 Å². The molecule has 1 amide bonds. The third kappa shape index (κ3) is 3.16. The van der Waals surface area contributed by atoms with Crippen molar-refractivity contribution in [2.24, 2.45) is 0 Å². The fraction of sp³-hybridized carbons (Fsp3) is 0.200. The van der Waals surface area contributed by atoms with Crippen molar-refractivity contribution in [3.05, 3.63) is 71.4 Å². The maximum absolute atomic E-state index is 12.3. The molecule has 0 spiro atoms. The molecule has 4 nitrogen and oxygen atoms in total. The van der Waals surface area contributed by atoms with Crippen LogP contribution in [0.3, 0.4) is 0 Å². The van der Waals surface area contributed by atoms with Crippen LogP contribution in [0.1, 0.15) is 23.6 Å². The first-order valence-electron chi connectivity index (χ1n) is 8.04. The molecule has 1 aromatic heterocycles. The molecule has 120 valence electrons. The molecule has 3 aromatic rings. The zero-order valence-electron chi connectivity index (χ0n) is 13.6. The summed E-state index contributed by atoms with van der Waals surface area (Å²) in [7, 11) is 0. The first kappa shape index (κ1) is 15.8. The first-order chi connectivity index (χ1) is 11.7. The predicted octanol–water partition coefficient (Wildman–Crippen LogP) is 3.39. The van der Waals surface area contributed by atoms with Crippen molar-refractivity contribution in [1.29, 1.82) is 5.26 Å². The number of aryl methyl sites for hydroxylation is 1. The Labute approximate surface area is 141 Å². The van der Waals surface area contributed by atoms with Crippen LogP contribution in [0.5, 0.6) is 0 Å². The van der Waals surface area contributed by atoms with E-state index < -0.39 is 0 Å². The fourth-order valence-corrected chi connectivity index (χ4v) is 2.94. The van der Waals surface area contributed by atoms with E-state index in [4.69, 9.17) is 0 Å². The zero-order valence-corrected chi connectivity index (χ0v) is 13.6. The third-order valence-corrected chi connectivity index (χ3v) is 4.13. The van der Waals surface area contributed by atoms with Gasteiger partial charge in [-0.05, 0) is 17.5 Å². The van der Waals surface area contributed by atoms with Crippen molar-refractivity contribution in [2.45, 2.75) is 26.4 Å². The Morgan fingerprint density at radius 1 is 1.17 bits per heavy atom. The average molecular weight is 317 g/mol. The Morgan fingerprint density at radius 3 is 2.67 bits per heavy atom. The second kappa shape index (κ2) is 7.01. The van der Waals surface area contributed by atoms with Crippen LogP contribution in [0.25, 0.3) is 10.9 Å². The molecule has 3 rings (SSSR count). The van der Waals surface area contributed by atoms with Gasteiger partial charge in [-0.3, -0.25) is 4.79 Å². The van der Waals surface area contributed by atoms with Gasteiger partial charge in [-0.15, -0.1) is 0 Å². The number of fused-ring (bicyclic) bond motifs is 1. The van der Waals surface area contributed by atoms with E-state index in [1.165, 1.54) is 0 Å². The van der Waals surface area contributed by atoms with Gasteiger partial charge in [-0.1, -0.05) is 55.5 Å². The summed E-state index contributed by atoms with van der Waals surface area (Å²) in [5, 5.41) is 13.2. The average Bonchev–Trinajstić information content (AvgIpc) is 2.98. The molecule has 0 saturated carbocycles. The minimum atomic E-state index is -0.0638. The topological polar surface area (TPSA) is 57.8 Å². The second-order valence-corrected chi connectivity index (χ2v) is 5.71. The fourth-order valence-electron chi connectivity index (χ4n) is 2.94.